The first-order valence-electron chi connectivity index (χ1n) is 13.5. The molecule has 0 unspecified atom stereocenters. The van der Waals surface area contributed by atoms with Crippen LogP contribution in [0.4, 0.5) is 5.69 Å². The Labute approximate surface area is 249 Å². The summed E-state index contributed by atoms with van der Waals surface area (Å²) in [5.41, 5.74) is 3.41. The van der Waals surface area contributed by atoms with Crippen molar-refractivity contribution < 1.29 is 14.6 Å². The number of nitrogens with zero attached hydrogens (tertiary/aromatic N) is 3. The van der Waals surface area contributed by atoms with Gasteiger partial charge in [-0.15, -0.1) is 11.8 Å². The van der Waals surface area contributed by atoms with Crippen LogP contribution in [0, 0.1) is 0 Å². The standard InChI is InChI=1S/C23H28N4O2S.C5H5N.C4H10O/c1-16(26-21-6-5-11-25-23(21)17(2)24-3)20-8-7-19(30-4)14-22(20)29-18-9-12-27(15-28)13-10-18;1-2-4-6-5-3-1;1-4(2,3)5/h5-8,11,14-15,18,24,26H,1-2,9-10,12-13H2,3-4H3;1-5H;5H,1-3H3. The fourth-order valence-corrected chi connectivity index (χ4v) is 4.09. The second-order valence-corrected chi connectivity index (χ2v) is 11.1. The maximum absolute atomic E-state index is 11.0. The van der Waals surface area contributed by atoms with Crippen LogP contribution in [0.5, 0.6) is 5.75 Å². The molecule has 1 aromatic carbocycles. The minimum absolute atomic E-state index is 0.0721. The van der Waals surface area contributed by atoms with Crippen LogP contribution in [0.2, 0.25) is 0 Å². The molecule has 0 radical (unpaired) electrons. The number of nitrogens with one attached hydrogen (secondary N) is 2. The SMILES string of the molecule is C=C(Nc1cccnc1C(=C)NC)c1ccc(SC)cc1OC1CCN(C=O)CC1.CC(C)(C)O.c1ccncc1. The van der Waals surface area contributed by atoms with Crippen molar-refractivity contribution in [3.05, 3.63) is 91.5 Å². The molecular formula is C32H43N5O3S. The van der Waals surface area contributed by atoms with Gasteiger partial charge in [-0.2, -0.15) is 0 Å². The number of rotatable bonds is 9. The lowest BCUT2D eigenvalue weighted by molar-refractivity contribution is -0.119. The average molecular weight is 578 g/mol. The summed E-state index contributed by atoms with van der Waals surface area (Å²) in [7, 11) is 1.82. The number of piperidine rings is 1. The Balaban J connectivity index is 0.000000447. The first kappa shape index (κ1) is 33.4. The molecule has 1 fully saturated rings. The minimum atomic E-state index is -0.500. The molecule has 4 rings (SSSR count). The molecule has 0 saturated carbocycles. The average Bonchev–Trinajstić information content (AvgIpc) is 2.97. The van der Waals surface area contributed by atoms with E-state index in [0.717, 1.165) is 71.3 Å². The van der Waals surface area contributed by atoms with Crippen molar-refractivity contribution >= 4 is 35.3 Å². The lowest BCUT2D eigenvalue weighted by atomic mass is 10.1. The normalized spacial score (nSPS) is 13.0. The topological polar surface area (TPSA) is 99.6 Å². The van der Waals surface area contributed by atoms with Gasteiger partial charge in [-0.1, -0.05) is 19.2 Å². The molecule has 3 aromatic rings. The number of thioether (sulfide) groups is 1. The summed E-state index contributed by atoms with van der Waals surface area (Å²) in [6.07, 6.45) is 9.89. The first-order chi connectivity index (χ1) is 19.5. The van der Waals surface area contributed by atoms with E-state index in [1.807, 2.05) is 49.7 Å². The van der Waals surface area contributed by atoms with Crippen molar-refractivity contribution in [3.8, 4) is 5.75 Å². The third kappa shape index (κ3) is 12.5. The van der Waals surface area contributed by atoms with Crippen LogP contribution >= 0.6 is 11.8 Å². The summed E-state index contributed by atoms with van der Waals surface area (Å²) in [6, 6.07) is 15.7. The molecule has 3 heterocycles. The number of pyridine rings is 2. The van der Waals surface area contributed by atoms with E-state index in [2.05, 4.69) is 45.9 Å². The lowest BCUT2D eigenvalue weighted by Gasteiger charge is -2.30. The largest absolute Gasteiger partial charge is 0.490 e. The second-order valence-electron chi connectivity index (χ2n) is 10.2. The molecule has 0 aliphatic carbocycles. The Morgan fingerprint density at radius 3 is 2.24 bits per heavy atom. The van der Waals surface area contributed by atoms with E-state index >= 15 is 0 Å². The van der Waals surface area contributed by atoms with E-state index in [4.69, 9.17) is 9.84 Å². The molecule has 0 atom stereocenters. The van der Waals surface area contributed by atoms with E-state index < -0.39 is 5.60 Å². The number of likely N-dealkylation sites (tertiary alicyclic amines) is 1. The highest BCUT2D eigenvalue weighted by Gasteiger charge is 2.21. The summed E-state index contributed by atoms with van der Waals surface area (Å²) in [5, 5.41) is 14.9. The van der Waals surface area contributed by atoms with Crippen LogP contribution in [0.25, 0.3) is 11.4 Å². The molecule has 1 saturated heterocycles. The zero-order chi connectivity index (χ0) is 30.3. The Kier molecular flexibility index (Phi) is 13.9. The monoisotopic (exact) mass is 577 g/mol. The Hall–Kier alpha value is -3.82. The molecule has 9 heteroatoms. The van der Waals surface area contributed by atoms with Crippen LogP contribution < -0.4 is 15.4 Å². The zero-order valence-electron chi connectivity index (χ0n) is 24.8. The predicted octanol–water partition coefficient (Wildman–Crippen LogP) is 5.93. The summed E-state index contributed by atoms with van der Waals surface area (Å²) in [4.78, 5) is 22.1. The number of anilines is 1. The zero-order valence-corrected chi connectivity index (χ0v) is 25.6. The van der Waals surface area contributed by atoms with Crippen LogP contribution in [0.1, 0.15) is 44.9 Å². The summed E-state index contributed by atoms with van der Waals surface area (Å²) < 4.78 is 6.38. The molecule has 220 valence electrons. The van der Waals surface area contributed by atoms with E-state index in [0.29, 0.717) is 0 Å². The van der Waals surface area contributed by atoms with Crippen molar-refractivity contribution in [2.45, 2.75) is 50.2 Å². The number of aliphatic hydroxyl groups is 1. The van der Waals surface area contributed by atoms with Gasteiger partial charge in [0.25, 0.3) is 0 Å². The summed E-state index contributed by atoms with van der Waals surface area (Å²) >= 11 is 1.67. The number of hydrogen-bond acceptors (Lipinski definition) is 8. The Morgan fingerprint density at radius 1 is 1.07 bits per heavy atom. The fraction of sp³-hybridized carbons (Fsp3) is 0.344. The molecule has 0 bridgehead atoms. The van der Waals surface area contributed by atoms with Gasteiger partial charge < -0.3 is 25.4 Å². The fourth-order valence-electron chi connectivity index (χ4n) is 3.66. The van der Waals surface area contributed by atoms with Crippen LogP contribution in [-0.4, -0.2) is 64.5 Å². The van der Waals surface area contributed by atoms with Gasteiger partial charge >= 0.3 is 0 Å². The minimum Gasteiger partial charge on any atom is -0.490 e. The van der Waals surface area contributed by atoms with Gasteiger partial charge in [0.1, 0.15) is 17.5 Å². The van der Waals surface area contributed by atoms with Crippen molar-refractivity contribution in [2.75, 3.05) is 31.7 Å². The smallest absolute Gasteiger partial charge is 0.209 e. The maximum atomic E-state index is 11.0. The van der Waals surface area contributed by atoms with E-state index in [1.54, 1.807) is 56.0 Å². The molecule has 0 spiro atoms. The van der Waals surface area contributed by atoms with Gasteiger partial charge in [-0.25, -0.2) is 0 Å². The van der Waals surface area contributed by atoms with Crippen molar-refractivity contribution in [2.24, 2.45) is 0 Å². The molecule has 1 aliphatic heterocycles. The van der Waals surface area contributed by atoms with Gasteiger partial charge in [0.05, 0.1) is 17.0 Å². The molecular weight excluding hydrogens is 534 g/mol. The second kappa shape index (κ2) is 17.1. The number of hydrogen-bond donors (Lipinski definition) is 3. The highest BCUT2D eigenvalue weighted by atomic mass is 32.2. The first-order valence-corrected chi connectivity index (χ1v) is 14.7. The van der Waals surface area contributed by atoms with E-state index in [1.165, 1.54) is 0 Å². The third-order valence-electron chi connectivity index (χ3n) is 5.68. The maximum Gasteiger partial charge on any atom is 0.209 e. The summed E-state index contributed by atoms with van der Waals surface area (Å²) in [5.74, 6) is 0.793. The van der Waals surface area contributed by atoms with Gasteiger partial charge in [0.2, 0.25) is 6.41 Å². The molecule has 8 nitrogen and oxygen atoms in total. The number of benzene rings is 1. The van der Waals surface area contributed by atoms with E-state index in [-0.39, 0.29) is 6.10 Å². The lowest BCUT2D eigenvalue weighted by Crippen LogP contribution is -2.37. The predicted molar refractivity (Wildman–Crippen MR) is 171 cm³/mol. The summed E-state index contributed by atoms with van der Waals surface area (Å²) in [6.45, 7) is 14.9. The van der Waals surface area contributed by atoms with Gasteiger partial charge in [-0.05, 0) is 69.5 Å². The number of carbonyl (C=O) groups excluding carboxylic acids is 1. The molecule has 41 heavy (non-hydrogen) atoms. The highest BCUT2D eigenvalue weighted by Crippen LogP contribution is 2.33. The van der Waals surface area contributed by atoms with Gasteiger partial charge in [0, 0.05) is 67.7 Å². The quantitative estimate of drug-likeness (QED) is 0.212. The molecule has 1 aliphatic rings. The van der Waals surface area contributed by atoms with Crippen LogP contribution in [0.3, 0.4) is 0 Å². The molecule has 1 amide bonds. The number of ether oxygens (including phenoxy) is 1. The Bertz CT molecular complexity index is 1210. The van der Waals surface area contributed by atoms with E-state index in [9.17, 15) is 4.79 Å². The third-order valence-corrected chi connectivity index (χ3v) is 6.41. The Morgan fingerprint density at radius 2 is 1.73 bits per heavy atom. The van der Waals surface area contributed by atoms with Gasteiger partial charge in [0.15, 0.2) is 0 Å². The number of aromatic nitrogens is 2. The van der Waals surface area contributed by atoms with Crippen molar-refractivity contribution in [1.29, 1.82) is 0 Å². The van der Waals surface area contributed by atoms with Gasteiger partial charge in [-0.3, -0.25) is 14.8 Å². The number of amides is 1. The molecule has 2 aromatic heterocycles. The number of carbonyl (C=O) groups is 1. The van der Waals surface area contributed by atoms with Crippen molar-refractivity contribution in [1.82, 2.24) is 20.2 Å². The molecule has 3 N–H and O–H groups in total. The highest BCUT2D eigenvalue weighted by molar-refractivity contribution is 7.98. The van der Waals surface area contributed by atoms with Crippen molar-refractivity contribution in [3.63, 3.8) is 0 Å². The van der Waals surface area contributed by atoms with Crippen LogP contribution in [0.15, 0.2) is 85.2 Å². The van der Waals surface area contributed by atoms with Crippen LogP contribution in [-0.2, 0) is 4.79 Å².